The normalized spacial score (nSPS) is 16.9. The molecule has 1 aliphatic rings. The number of imidazole rings is 1. The number of nitrogens with one attached hydrogen (secondary N) is 3. The minimum absolute atomic E-state index is 0.0910. The highest BCUT2D eigenvalue weighted by molar-refractivity contribution is 5.98. The first-order valence-electron chi connectivity index (χ1n) is 13.1. The lowest BCUT2D eigenvalue weighted by molar-refractivity contribution is -0.137. The summed E-state index contributed by atoms with van der Waals surface area (Å²) in [5.41, 5.74) is 0.986. The number of amides is 2. The van der Waals surface area contributed by atoms with Crippen molar-refractivity contribution in [3.63, 3.8) is 0 Å². The van der Waals surface area contributed by atoms with Crippen LogP contribution in [0.3, 0.4) is 0 Å². The van der Waals surface area contributed by atoms with Gasteiger partial charge in [-0.15, -0.1) is 0 Å². The van der Waals surface area contributed by atoms with Gasteiger partial charge in [-0.2, -0.15) is 0 Å². The van der Waals surface area contributed by atoms with Gasteiger partial charge in [0, 0.05) is 29.8 Å². The number of likely N-dealkylation sites (tertiary alicyclic amines) is 1. The van der Waals surface area contributed by atoms with E-state index in [4.69, 9.17) is 0 Å². The molecule has 1 saturated heterocycles. The first-order chi connectivity index (χ1) is 18.7. The third kappa shape index (κ3) is 7.14. The molecule has 206 valence electrons. The molecule has 10 heteroatoms. The van der Waals surface area contributed by atoms with Crippen LogP contribution in [0.5, 0.6) is 0 Å². The van der Waals surface area contributed by atoms with Crippen molar-refractivity contribution in [2.45, 2.75) is 57.7 Å². The molecular formula is C29H33F2N5O3. The second-order valence-electron chi connectivity index (χ2n) is 9.90. The van der Waals surface area contributed by atoms with Gasteiger partial charge < -0.3 is 15.2 Å². The van der Waals surface area contributed by atoms with Crippen molar-refractivity contribution in [3.8, 4) is 11.3 Å². The number of benzene rings is 2. The molecular weight excluding hydrogens is 504 g/mol. The van der Waals surface area contributed by atoms with Crippen LogP contribution in [0.2, 0.25) is 0 Å². The first kappa shape index (κ1) is 28.1. The number of aromatic amines is 1. The monoisotopic (exact) mass is 537 g/mol. The van der Waals surface area contributed by atoms with Crippen molar-refractivity contribution >= 4 is 17.6 Å². The summed E-state index contributed by atoms with van der Waals surface area (Å²) in [6.45, 7) is 4.22. The van der Waals surface area contributed by atoms with Crippen LogP contribution in [0.4, 0.5) is 8.78 Å². The standard InChI is InChI=1S/C29H33F2N5O3/c1-18-8-6-7-13-36(18)27(38)15-24(32-17-26(37)20-9-4-3-5-10-20)29(39)34-19(2)28-33-16-25(35-28)22-12-11-21(30)14-23(22)31/h3-5,9-12,14,16,18-19,24,32H,6-8,13,15,17H2,1-2H3,(H,33,35)(H,34,39)/t18?,19-,24?/m0/s1. The lowest BCUT2D eigenvalue weighted by atomic mass is 10.0. The third-order valence-electron chi connectivity index (χ3n) is 7.01. The minimum atomic E-state index is -0.953. The number of carbonyl (C=O) groups excluding carboxylic acids is 3. The zero-order valence-corrected chi connectivity index (χ0v) is 22.0. The quantitative estimate of drug-likeness (QED) is 0.337. The number of ketones is 1. The van der Waals surface area contributed by atoms with Gasteiger partial charge in [-0.3, -0.25) is 19.7 Å². The fourth-order valence-corrected chi connectivity index (χ4v) is 4.74. The largest absolute Gasteiger partial charge is 0.345 e. The number of rotatable bonds is 10. The molecule has 3 N–H and O–H groups in total. The number of piperidine rings is 1. The Labute approximate surface area is 226 Å². The molecule has 0 radical (unpaired) electrons. The average Bonchev–Trinajstić information content (AvgIpc) is 3.41. The lowest BCUT2D eigenvalue weighted by Gasteiger charge is -2.34. The Morgan fingerprint density at radius 3 is 2.62 bits per heavy atom. The number of aromatic nitrogens is 2. The molecule has 2 aromatic carbocycles. The Balaban J connectivity index is 1.45. The van der Waals surface area contributed by atoms with Gasteiger partial charge in [0.25, 0.3) is 0 Å². The molecule has 4 rings (SSSR count). The van der Waals surface area contributed by atoms with Crippen molar-refractivity contribution in [1.82, 2.24) is 25.5 Å². The maximum atomic E-state index is 14.2. The smallest absolute Gasteiger partial charge is 0.238 e. The summed E-state index contributed by atoms with van der Waals surface area (Å²) >= 11 is 0. The van der Waals surface area contributed by atoms with E-state index >= 15 is 0 Å². The number of halogens is 2. The molecule has 3 aromatic rings. The number of hydrogen-bond donors (Lipinski definition) is 3. The van der Waals surface area contributed by atoms with Crippen LogP contribution in [0.25, 0.3) is 11.3 Å². The van der Waals surface area contributed by atoms with Crippen molar-refractivity contribution < 1.29 is 23.2 Å². The van der Waals surface area contributed by atoms with E-state index in [-0.39, 0.29) is 36.3 Å². The van der Waals surface area contributed by atoms with E-state index in [1.54, 1.807) is 36.1 Å². The topological polar surface area (TPSA) is 107 Å². The zero-order chi connectivity index (χ0) is 27.9. The van der Waals surface area contributed by atoms with Crippen LogP contribution in [-0.2, 0) is 9.59 Å². The lowest BCUT2D eigenvalue weighted by Crippen LogP contribution is -2.51. The highest BCUT2D eigenvalue weighted by Crippen LogP contribution is 2.23. The Bertz CT molecular complexity index is 1310. The van der Waals surface area contributed by atoms with Crippen LogP contribution in [0, 0.1) is 11.6 Å². The minimum Gasteiger partial charge on any atom is -0.345 e. The van der Waals surface area contributed by atoms with Crippen LogP contribution in [0.1, 0.15) is 61.8 Å². The van der Waals surface area contributed by atoms with E-state index in [2.05, 4.69) is 20.6 Å². The number of Topliss-reactive ketones (excluding diaryl/α,β-unsaturated/α-hetero) is 1. The van der Waals surface area contributed by atoms with Crippen LogP contribution in [-0.4, -0.2) is 57.6 Å². The van der Waals surface area contributed by atoms with Gasteiger partial charge in [-0.25, -0.2) is 13.8 Å². The van der Waals surface area contributed by atoms with Gasteiger partial charge in [0.15, 0.2) is 5.78 Å². The fourth-order valence-electron chi connectivity index (χ4n) is 4.74. The predicted molar refractivity (Wildman–Crippen MR) is 143 cm³/mol. The van der Waals surface area contributed by atoms with Crippen molar-refractivity contribution in [2.24, 2.45) is 0 Å². The first-order valence-corrected chi connectivity index (χ1v) is 13.1. The van der Waals surface area contributed by atoms with Crippen LogP contribution >= 0.6 is 0 Å². The van der Waals surface area contributed by atoms with Crippen LogP contribution < -0.4 is 10.6 Å². The number of nitrogens with zero attached hydrogens (tertiary/aromatic N) is 2. The number of carbonyl (C=O) groups is 3. The van der Waals surface area contributed by atoms with E-state index in [1.165, 1.54) is 12.3 Å². The average molecular weight is 538 g/mol. The Hall–Kier alpha value is -3.92. The molecule has 1 aliphatic heterocycles. The third-order valence-corrected chi connectivity index (χ3v) is 7.01. The summed E-state index contributed by atoms with van der Waals surface area (Å²) in [6.07, 6.45) is 4.19. The molecule has 0 bridgehead atoms. The fraction of sp³-hybridized carbons (Fsp3) is 0.379. The maximum absolute atomic E-state index is 14.2. The van der Waals surface area contributed by atoms with Crippen LogP contribution in [0.15, 0.2) is 54.7 Å². The molecule has 2 heterocycles. The molecule has 8 nitrogen and oxygen atoms in total. The van der Waals surface area contributed by atoms with Gasteiger partial charge in [0.1, 0.15) is 17.5 Å². The summed E-state index contributed by atoms with van der Waals surface area (Å²) in [5.74, 6) is -1.88. The van der Waals surface area contributed by atoms with Crippen molar-refractivity contribution in [2.75, 3.05) is 13.1 Å². The highest BCUT2D eigenvalue weighted by Gasteiger charge is 2.30. The molecule has 0 aliphatic carbocycles. The van der Waals surface area contributed by atoms with Gasteiger partial charge >= 0.3 is 0 Å². The second kappa shape index (κ2) is 12.8. The molecule has 2 unspecified atom stereocenters. The van der Waals surface area contributed by atoms with E-state index in [0.717, 1.165) is 31.4 Å². The second-order valence-corrected chi connectivity index (χ2v) is 9.90. The zero-order valence-electron chi connectivity index (χ0n) is 22.0. The van der Waals surface area contributed by atoms with Gasteiger partial charge in [-0.1, -0.05) is 30.3 Å². The molecule has 39 heavy (non-hydrogen) atoms. The van der Waals surface area contributed by atoms with Crippen molar-refractivity contribution in [3.05, 3.63) is 77.8 Å². The molecule has 2 amide bonds. The summed E-state index contributed by atoms with van der Waals surface area (Å²) in [6, 6.07) is 10.5. The highest BCUT2D eigenvalue weighted by atomic mass is 19.1. The van der Waals surface area contributed by atoms with E-state index in [1.807, 2.05) is 13.0 Å². The number of H-pyrrole nitrogens is 1. The Morgan fingerprint density at radius 2 is 1.90 bits per heavy atom. The predicted octanol–water partition coefficient (Wildman–Crippen LogP) is 4.16. The summed E-state index contributed by atoms with van der Waals surface area (Å²) < 4.78 is 27.5. The molecule has 1 fully saturated rings. The Morgan fingerprint density at radius 1 is 1.13 bits per heavy atom. The molecule has 0 spiro atoms. The Kier molecular flexibility index (Phi) is 9.19. The molecule has 3 atom stereocenters. The van der Waals surface area contributed by atoms with E-state index in [0.29, 0.717) is 23.6 Å². The van der Waals surface area contributed by atoms with E-state index < -0.39 is 29.6 Å². The molecule has 1 aromatic heterocycles. The van der Waals surface area contributed by atoms with Gasteiger partial charge in [0.2, 0.25) is 11.8 Å². The number of hydrogen-bond acceptors (Lipinski definition) is 5. The summed E-state index contributed by atoms with van der Waals surface area (Å²) in [7, 11) is 0. The summed E-state index contributed by atoms with van der Waals surface area (Å²) in [4.78, 5) is 48.2. The van der Waals surface area contributed by atoms with Gasteiger partial charge in [0.05, 0.1) is 36.9 Å². The van der Waals surface area contributed by atoms with E-state index in [9.17, 15) is 23.2 Å². The van der Waals surface area contributed by atoms with Gasteiger partial charge in [-0.05, 0) is 45.2 Å². The SMILES string of the molecule is CC1CCCCN1C(=O)CC(NCC(=O)c1ccccc1)C(=O)N[C@@H](C)c1ncc(-c2ccc(F)cc2F)[nH]1. The summed E-state index contributed by atoms with van der Waals surface area (Å²) in [5, 5.41) is 5.82. The molecule has 0 saturated carbocycles. The maximum Gasteiger partial charge on any atom is 0.238 e. The van der Waals surface area contributed by atoms with Crippen molar-refractivity contribution in [1.29, 1.82) is 0 Å².